The molecule has 34 heavy (non-hydrogen) atoms. The Morgan fingerprint density at radius 1 is 1.24 bits per heavy atom. The third kappa shape index (κ3) is 5.07. The molecule has 0 radical (unpaired) electrons. The van der Waals surface area contributed by atoms with Crippen LogP contribution in [-0.2, 0) is 21.4 Å². The van der Waals surface area contributed by atoms with Gasteiger partial charge in [-0.15, -0.1) is 0 Å². The van der Waals surface area contributed by atoms with Crippen molar-refractivity contribution in [2.24, 2.45) is 5.92 Å². The van der Waals surface area contributed by atoms with E-state index in [1.807, 2.05) is 6.92 Å². The number of anilines is 2. The molecule has 1 aromatic carbocycles. The maximum atomic E-state index is 13.5. The number of hydrogen-bond donors (Lipinski definition) is 2. The second-order valence-electron chi connectivity index (χ2n) is 8.24. The summed E-state index contributed by atoms with van der Waals surface area (Å²) in [6, 6.07) is 4.52. The van der Waals surface area contributed by atoms with E-state index in [1.165, 1.54) is 25.9 Å². The summed E-state index contributed by atoms with van der Waals surface area (Å²) in [5, 5.41) is 0. The minimum absolute atomic E-state index is 0.0574. The summed E-state index contributed by atoms with van der Waals surface area (Å²) >= 11 is 0. The van der Waals surface area contributed by atoms with Crippen LogP contribution in [0.25, 0.3) is 0 Å². The lowest BCUT2D eigenvalue weighted by molar-refractivity contribution is -0.123. The van der Waals surface area contributed by atoms with Crippen molar-refractivity contribution in [3.05, 3.63) is 50.9 Å². The first-order chi connectivity index (χ1) is 16.1. The van der Waals surface area contributed by atoms with E-state index in [0.717, 1.165) is 18.6 Å². The van der Waals surface area contributed by atoms with Crippen LogP contribution < -0.4 is 21.9 Å². The molecule has 1 atom stereocenters. The number of nitrogens with one attached hydrogen (secondary N) is 1. The van der Waals surface area contributed by atoms with Crippen LogP contribution in [0.5, 0.6) is 0 Å². The molecule has 0 saturated carbocycles. The Hall–Kier alpha value is -2.99. The molecule has 12 heteroatoms. The fourth-order valence-corrected chi connectivity index (χ4v) is 5.66. The highest BCUT2D eigenvalue weighted by atomic mass is 32.2. The first kappa shape index (κ1) is 25.6. The highest BCUT2D eigenvalue weighted by molar-refractivity contribution is 7.89. The Kier molecular flexibility index (Phi) is 7.93. The molecular formula is C22H30FN5O5S. The Labute approximate surface area is 197 Å². The SMILES string of the molecule is CCCCn1c(N)c(N(CC)C(=O)[C@H]2CCCN(S(=O)(=O)c3ccc(F)cc3)C2)c(=O)[nH]c1=O. The van der Waals surface area contributed by atoms with Crippen LogP contribution in [0.15, 0.2) is 38.8 Å². The minimum Gasteiger partial charge on any atom is -0.383 e. The van der Waals surface area contributed by atoms with Crippen molar-refractivity contribution in [1.29, 1.82) is 0 Å². The van der Waals surface area contributed by atoms with Crippen molar-refractivity contribution in [3.63, 3.8) is 0 Å². The molecule has 2 heterocycles. The second kappa shape index (κ2) is 10.5. The van der Waals surface area contributed by atoms with Crippen LogP contribution in [0.2, 0.25) is 0 Å². The fourth-order valence-electron chi connectivity index (χ4n) is 4.14. The molecule has 186 valence electrons. The Bertz CT molecular complexity index is 1260. The number of aromatic amines is 1. The van der Waals surface area contributed by atoms with Gasteiger partial charge in [-0.25, -0.2) is 17.6 Å². The highest BCUT2D eigenvalue weighted by Crippen LogP contribution is 2.27. The summed E-state index contributed by atoms with van der Waals surface area (Å²) in [5.41, 5.74) is 4.65. The Balaban J connectivity index is 1.90. The number of rotatable bonds is 8. The summed E-state index contributed by atoms with van der Waals surface area (Å²) in [7, 11) is -3.92. The van der Waals surface area contributed by atoms with E-state index in [0.29, 0.717) is 25.8 Å². The topological polar surface area (TPSA) is 139 Å². The Morgan fingerprint density at radius 3 is 2.53 bits per heavy atom. The van der Waals surface area contributed by atoms with Gasteiger partial charge in [-0.2, -0.15) is 4.31 Å². The number of aromatic nitrogens is 2. The predicted molar refractivity (Wildman–Crippen MR) is 127 cm³/mol. The number of nitrogens with two attached hydrogens (primary N) is 1. The number of hydrogen-bond acceptors (Lipinski definition) is 6. The van der Waals surface area contributed by atoms with Crippen LogP contribution in [-0.4, -0.2) is 47.8 Å². The number of amides is 1. The van der Waals surface area contributed by atoms with Crippen LogP contribution in [0.3, 0.4) is 0 Å². The van der Waals surface area contributed by atoms with Gasteiger partial charge in [0.15, 0.2) is 5.69 Å². The van der Waals surface area contributed by atoms with Gasteiger partial charge in [-0.3, -0.25) is 19.1 Å². The van der Waals surface area contributed by atoms with E-state index in [1.54, 1.807) is 6.92 Å². The van der Waals surface area contributed by atoms with Gasteiger partial charge in [0, 0.05) is 26.2 Å². The number of unbranched alkanes of at least 4 members (excludes halogenated alkanes) is 1. The lowest BCUT2D eigenvalue weighted by Crippen LogP contribution is -2.48. The number of benzene rings is 1. The summed E-state index contributed by atoms with van der Waals surface area (Å²) < 4.78 is 41.8. The molecule has 10 nitrogen and oxygen atoms in total. The normalized spacial score (nSPS) is 17.0. The molecule has 3 rings (SSSR count). The number of halogens is 1. The number of piperidine rings is 1. The molecule has 0 bridgehead atoms. The predicted octanol–water partition coefficient (Wildman–Crippen LogP) is 1.51. The van der Waals surface area contributed by atoms with Crippen molar-refractivity contribution in [2.75, 3.05) is 30.3 Å². The molecule has 1 amide bonds. The van der Waals surface area contributed by atoms with E-state index >= 15 is 0 Å². The number of sulfonamides is 1. The molecule has 2 aromatic rings. The summed E-state index contributed by atoms with van der Waals surface area (Å²) in [6.45, 7) is 4.17. The highest BCUT2D eigenvalue weighted by Gasteiger charge is 2.36. The largest absolute Gasteiger partial charge is 0.383 e. The fraction of sp³-hybridized carbons (Fsp3) is 0.500. The van der Waals surface area contributed by atoms with Crippen molar-refractivity contribution in [1.82, 2.24) is 13.9 Å². The van der Waals surface area contributed by atoms with E-state index in [2.05, 4.69) is 4.98 Å². The zero-order valence-electron chi connectivity index (χ0n) is 19.3. The molecule has 0 aliphatic carbocycles. The average Bonchev–Trinajstić information content (AvgIpc) is 2.81. The minimum atomic E-state index is -3.92. The van der Waals surface area contributed by atoms with Crippen LogP contribution in [0, 0.1) is 11.7 Å². The number of carbonyl (C=O) groups excluding carboxylic acids is 1. The lowest BCUT2D eigenvalue weighted by Gasteiger charge is -2.34. The maximum absolute atomic E-state index is 13.5. The second-order valence-corrected chi connectivity index (χ2v) is 10.2. The molecule has 1 saturated heterocycles. The number of nitrogen functional groups attached to an aromatic ring is 1. The molecule has 1 aliphatic rings. The first-order valence-electron chi connectivity index (χ1n) is 11.3. The summed E-state index contributed by atoms with van der Waals surface area (Å²) in [6.07, 6.45) is 2.33. The monoisotopic (exact) mass is 495 g/mol. The quantitative estimate of drug-likeness (QED) is 0.569. The van der Waals surface area contributed by atoms with Crippen molar-refractivity contribution in [2.45, 2.75) is 51.0 Å². The van der Waals surface area contributed by atoms with Gasteiger partial charge in [0.25, 0.3) is 5.56 Å². The summed E-state index contributed by atoms with van der Waals surface area (Å²) in [5.74, 6) is -1.80. The molecule has 1 aromatic heterocycles. The number of carbonyl (C=O) groups is 1. The van der Waals surface area contributed by atoms with Crippen LogP contribution in [0.1, 0.15) is 39.5 Å². The molecule has 0 spiro atoms. The van der Waals surface area contributed by atoms with E-state index < -0.39 is 38.9 Å². The zero-order chi connectivity index (χ0) is 25.0. The standard InChI is InChI=1S/C22H30FN5O5S/c1-3-5-13-28-19(24)18(20(29)25-22(28)31)27(4-2)21(30)15-7-6-12-26(14-15)34(32,33)17-10-8-16(23)9-11-17/h8-11,15H,3-7,12-14,24H2,1-2H3,(H,25,29,31)/t15-/m0/s1. The molecule has 1 fully saturated rings. The Morgan fingerprint density at radius 2 is 1.91 bits per heavy atom. The summed E-state index contributed by atoms with van der Waals surface area (Å²) in [4.78, 5) is 41.7. The van der Waals surface area contributed by atoms with Crippen molar-refractivity contribution >= 4 is 27.4 Å². The van der Waals surface area contributed by atoms with Crippen molar-refractivity contribution < 1.29 is 17.6 Å². The molecule has 1 aliphatic heterocycles. The van der Waals surface area contributed by atoms with Gasteiger partial charge in [0.05, 0.1) is 10.8 Å². The van der Waals surface area contributed by atoms with Gasteiger partial charge in [-0.05, 0) is 50.5 Å². The number of H-pyrrole nitrogens is 1. The third-order valence-corrected chi connectivity index (χ3v) is 7.87. The van der Waals surface area contributed by atoms with Gasteiger partial charge in [0.2, 0.25) is 15.9 Å². The van der Waals surface area contributed by atoms with Crippen LogP contribution >= 0.6 is 0 Å². The van der Waals surface area contributed by atoms with Crippen molar-refractivity contribution in [3.8, 4) is 0 Å². The maximum Gasteiger partial charge on any atom is 0.330 e. The van der Waals surface area contributed by atoms with Gasteiger partial charge >= 0.3 is 5.69 Å². The van der Waals surface area contributed by atoms with Crippen LogP contribution in [0.4, 0.5) is 15.9 Å². The molecule has 0 unspecified atom stereocenters. The third-order valence-electron chi connectivity index (χ3n) is 5.99. The zero-order valence-corrected chi connectivity index (χ0v) is 20.1. The van der Waals surface area contributed by atoms with Gasteiger partial charge in [0.1, 0.15) is 11.6 Å². The first-order valence-corrected chi connectivity index (χ1v) is 12.8. The smallest absolute Gasteiger partial charge is 0.330 e. The van der Waals surface area contributed by atoms with E-state index in [9.17, 15) is 27.2 Å². The lowest BCUT2D eigenvalue weighted by atomic mass is 9.98. The molecular weight excluding hydrogens is 465 g/mol. The van der Waals surface area contributed by atoms with Gasteiger partial charge in [-0.1, -0.05) is 13.3 Å². The number of nitrogens with zero attached hydrogens (tertiary/aromatic N) is 3. The van der Waals surface area contributed by atoms with E-state index in [-0.39, 0.29) is 36.0 Å². The van der Waals surface area contributed by atoms with Gasteiger partial charge < -0.3 is 10.6 Å². The van der Waals surface area contributed by atoms with E-state index in [4.69, 9.17) is 5.73 Å². The average molecular weight is 496 g/mol. The molecule has 3 N–H and O–H groups in total.